The average Bonchev–Trinajstić information content (AvgIpc) is 3.49. The number of allylic oxidation sites excluding steroid dienone is 2. The number of hydrogen-bond donors (Lipinski definition) is 1. The number of ether oxygens (including phenoxy) is 3. The largest absolute Gasteiger partial charge is 0.455 e. The summed E-state index contributed by atoms with van der Waals surface area (Å²) in [5.41, 5.74) is 0.584. The maximum atomic E-state index is 12.3. The Morgan fingerprint density at radius 2 is 1.33 bits per heavy atom. The predicted octanol–water partition coefficient (Wildman–Crippen LogP) is 10.6. The molecule has 2 aliphatic rings. The van der Waals surface area contributed by atoms with Crippen molar-refractivity contribution in [1.29, 1.82) is 0 Å². The normalized spacial score (nSPS) is 21.6. The first-order valence-electron chi connectivity index (χ1n) is 19.3. The van der Waals surface area contributed by atoms with Crippen LogP contribution in [0.15, 0.2) is 23.8 Å². The van der Waals surface area contributed by atoms with Gasteiger partial charge in [-0.3, -0.25) is 4.79 Å². The van der Waals surface area contributed by atoms with Gasteiger partial charge in [-0.1, -0.05) is 109 Å². The highest BCUT2D eigenvalue weighted by Crippen LogP contribution is 2.33. The number of ketones is 1. The summed E-state index contributed by atoms with van der Waals surface area (Å²) in [5, 5.41) is 10.2. The molecule has 0 aromatic rings. The number of cyclic esters (lactones) is 1. The van der Waals surface area contributed by atoms with Gasteiger partial charge in [-0.15, -0.1) is 0 Å². The summed E-state index contributed by atoms with van der Waals surface area (Å²) in [6, 6.07) is 0. The van der Waals surface area contributed by atoms with Crippen molar-refractivity contribution in [3.63, 3.8) is 0 Å². The van der Waals surface area contributed by atoms with E-state index in [-0.39, 0.29) is 24.3 Å². The second-order valence-electron chi connectivity index (χ2n) is 14.5. The van der Waals surface area contributed by atoms with Crippen LogP contribution in [-0.2, 0) is 23.8 Å². The topological polar surface area (TPSA) is 82.1 Å². The fraction of sp³-hybridized carbons (Fsp3) is 0.850. The fourth-order valence-corrected chi connectivity index (χ4v) is 6.81. The molecule has 2 rings (SSSR count). The summed E-state index contributed by atoms with van der Waals surface area (Å²) in [7, 11) is 0. The number of hydrogen-bond acceptors (Lipinski definition) is 6. The molecule has 2 heterocycles. The molecule has 6 heteroatoms. The summed E-state index contributed by atoms with van der Waals surface area (Å²) in [5.74, 6) is -0.456. The van der Waals surface area contributed by atoms with Gasteiger partial charge < -0.3 is 19.3 Å². The highest BCUT2D eigenvalue weighted by molar-refractivity contribution is 5.90. The molecule has 0 radical (unpaired) electrons. The Labute approximate surface area is 282 Å². The van der Waals surface area contributed by atoms with E-state index in [1.807, 2.05) is 20.8 Å². The van der Waals surface area contributed by atoms with Crippen LogP contribution in [0.2, 0.25) is 0 Å². The zero-order valence-electron chi connectivity index (χ0n) is 30.2. The van der Waals surface area contributed by atoms with Crippen molar-refractivity contribution in [3.8, 4) is 0 Å². The van der Waals surface area contributed by atoms with Gasteiger partial charge in [0.05, 0.1) is 18.3 Å². The van der Waals surface area contributed by atoms with Crippen molar-refractivity contribution in [1.82, 2.24) is 0 Å². The maximum absolute atomic E-state index is 12.3. The van der Waals surface area contributed by atoms with Crippen molar-refractivity contribution in [2.75, 3.05) is 0 Å². The van der Waals surface area contributed by atoms with Gasteiger partial charge in [-0.25, -0.2) is 4.79 Å². The Morgan fingerprint density at radius 3 is 1.96 bits per heavy atom. The monoisotopic (exact) mass is 647 g/mol. The maximum Gasteiger partial charge on any atom is 0.334 e. The number of rotatable bonds is 29. The van der Waals surface area contributed by atoms with E-state index in [1.54, 1.807) is 6.08 Å². The zero-order valence-corrected chi connectivity index (χ0v) is 30.2. The van der Waals surface area contributed by atoms with Gasteiger partial charge in [0.25, 0.3) is 0 Å². The van der Waals surface area contributed by atoms with Crippen molar-refractivity contribution in [2.45, 2.75) is 218 Å². The highest BCUT2D eigenvalue weighted by Gasteiger charge is 2.40. The number of Topliss-reactive ketones (excluding diaryl/α,β-unsaturated/α-hetero) is 1. The van der Waals surface area contributed by atoms with Crippen molar-refractivity contribution >= 4 is 11.8 Å². The Bertz CT molecular complexity index is 877. The molecule has 0 aromatic carbocycles. The lowest BCUT2D eigenvalue weighted by Crippen LogP contribution is -2.22. The molecule has 0 aliphatic carbocycles. The summed E-state index contributed by atoms with van der Waals surface area (Å²) in [4.78, 5) is 24.0. The molecule has 0 aromatic heterocycles. The minimum atomic E-state index is -0.525. The van der Waals surface area contributed by atoms with E-state index in [1.165, 1.54) is 70.6 Å². The third-order valence-corrected chi connectivity index (χ3v) is 9.43. The number of unbranched alkanes of at least 4 members (excludes halogenated alkanes) is 15. The SMILES string of the molecule is CCCCCCCCCCCC/C=C\CC[C@H]1OC(C)(C)O[C@@H]1CCCCCCC(=O)CCCCC[C@@H](O)CC1=C[C@H](C)OC1=O. The molecule has 1 N–H and O–H groups in total. The summed E-state index contributed by atoms with van der Waals surface area (Å²) in [6.45, 7) is 8.16. The van der Waals surface area contributed by atoms with Crippen LogP contribution in [-0.4, -0.2) is 47.1 Å². The molecule has 0 saturated carbocycles. The lowest BCUT2D eigenvalue weighted by atomic mass is 9.99. The van der Waals surface area contributed by atoms with Crippen LogP contribution >= 0.6 is 0 Å². The molecule has 6 nitrogen and oxygen atoms in total. The van der Waals surface area contributed by atoms with Crippen LogP contribution in [0.1, 0.15) is 188 Å². The second-order valence-corrected chi connectivity index (χ2v) is 14.5. The number of aliphatic hydroxyl groups is 1. The van der Waals surface area contributed by atoms with Crippen LogP contribution in [0.3, 0.4) is 0 Å². The number of esters is 1. The summed E-state index contributed by atoms with van der Waals surface area (Å²) < 4.78 is 17.6. The minimum absolute atomic E-state index is 0.165. The van der Waals surface area contributed by atoms with Gasteiger partial charge in [0.1, 0.15) is 11.9 Å². The van der Waals surface area contributed by atoms with E-state index in [9.17, 15) is 14.7 Å². The van der Waals surface area contributed by atoms with E-state index in [0.717, 1.165) is 64.2 Å². The third-order valence-electron chi connectivity index (χ3n) is 9.43. The first-order valence-corrected chi connectivity index (χ1v) is 19.3. The lowest BCUT2D eigenvalue weighted by molar-refractivity contribution is -0.147. The minimum Gasteiger partial charge on any atom is -0.455 e. The molecular weight excluding hydrogens is 576 g/mol. The molecule has 1 fully saturated rings. The Kier molecular flexibility index (Phi) is 21.8. The highest BCUT2D eigenvalue weighted by atomic mass is 16.7. The molecular formula is C40H70O6. The molecule has 4 atom stereocenters. The van der Waals surface area contributed by atoms with Gasteiger partial charge in [0, 0.05) is 24.8 Å². The summed E-state index contributed by atoms with van der Waals surface area (Å²) in [6.07, 6.45) is 33.5. The molecule has 0 amide bonds. The number of carbonyl (C=O) groups excluding carboxylic acids is 2. The standard InChI is InChI=1S/C40H70O6/c1-5-6-7-8-9-10-11-12-13-14-15-16-17-24-29-37-38(46-40(3,4)45-37)30-25-19-18-21-26-35(41)27-22-20-23-28-36(42)32-34-31-33(2)44-39(34)43/h16-17,31,33,36-38,42H,5-15,18-30,32H2,1-4H3/b17-16-/t33-,36+,37+,38+/m0/s1. The van der Waals surface area contributed by atoms with E-state index >= 15 is 0 Å². The molecule has 0 spiro atoms. The lowest BCUT2D eigenvalue weighted by Gasteiger charge is -2.16. The molecule has 0 unspecified atom stereocenters. The molecule has 0 bridgehead atoms. The molecule has 46 heavy (non-hydrogen) atoms. The zero-order chi connectivity index (χ0) is 33.5. The summed E-state index contributed by atoms with van der Waals surface area (Å²) >= 11 is 0. The number of aliphatic hydroxyl groups excluding tert-OH is 1. The quantitative estimate of drug-likeness (QED) is 0.0495. The Morgan fingerprint density at radius 1 is 0.783 bits per heavy atom. The van der Waals surface area contributed by atoms with E-state index in [2.05, 4.69) is 19.1 Å². The first-order chi connectivity index (χ1) is 22.2. The van der Waals surface area contributed by atoms with Crippen LogP contribution in [0.5, 0.6) is 0 Å². The van der Waals surface area contributed by atoms with Gasteiger partial charge >= 0.3 is 5.97 Å². The molecule has 2 aliphatic heterocycles. The fourth-order valence-electron chi connectivity index (χ4n) is 6.81. The Balaban J connectivity index is 1.43. The number of carbonyl (C=O) groups is 2. The predicted molar refractivity (Wildman–Crippen MR) is 189 cm³/mol. The van der Waals surface area contributed by atoms with Gasteiger partial charge in [0.15, 0.2) is 5.79 Å². The average molecular weight is 647 g/mol. The van der Waals surface area contributed by atoms with E-state index in [0.29, 0.717) is 37.0 Å². The first kappa shape index (κ1) is 40.7. The van der Waals surface area contributed by atoms with Crippen molar-refractivity contribution in [2.24, 2.45) is 0 Å². The van der Waals surface area contributed by atoms with E-state index in [4.69, 9.17) is 14.2 Å². The smallest absolute Gasteiger partial charge is 0.334 e. The van der Waals surface area contributed by atoms with Crippen molar-refractivity contribution < 1.29 is 28.9 Å². The Hall–Kier alpha value is -1.50. The van der Waals surface area contributed by atoms with Gasteiger partial charge in [-0.2, -0.15) is 0 Å². The third kappa shape index (κ3) is 19.4. The second kappa shape index (κ2) is 24.6. The van der Waals surface area contributed by atoms with Gasteiger partial charge in [-0.05, 0) is 78.2 Å². The molecule has 1 saturated heterocycles. The van der Waals surface area contributed by atoms with Gasteiger partial charge in [0.2, 0.25) is 0 Å². The van der Waals surface area contributed by atoms with Crippen LogP contribution < -0.4 is 0 Å². The van der Waals surface area contributed by atoms with Crippen molar-refractivity contribution in [3.05, 3.63) is 23.8 Å². The van der Waals surface area contributed by atoms with Crippen LogP contribution in [0, 0.1) is 0 Å². The van der Waals surface area contributed by atoms with Crippen LogP contribution in [0.4, 0.5) is 0 Å². The molecule has 266 valence electrons. The van der Waals surface area contributed by atoms with E-state index < -0.39 is 11.9 Å². The van der Waals surface area contributed by atoms with Crippen LogP contribution in [0.25, 0.3) is 0 Å².